The van der Waals surface area contributed by atoms with Crippen LogP contribution in [0.25, 0.3) is 10.9 Å². The number of ether oxygens (including phenoxy) is 1. The summed E-state index contributed by atoms with van der Waals surface area (Å²) in [6.45, 7) is 2.00. The van der Waals surface area contributed by atoms with Crippen molar-refractivity contribution in [3.05, 3.63) is 75.6 Å². The highest BCUT2D eigenvalue weighted by atomic mass is 16.5. The van der Waals surface area contributed by atoms with Gasteiger partial charge in [0.15, 0.2) is 0 Å². The van der Waals surface area contributed by atoms with Crippen LogP contribution in [0.1, 0.15) is 29.0 Å². The Balaban J connectivity index is 2.09. The fourth-order valence-electron chi connectivity index (χ4n) is 3.58. The zero-order valence-electron chi connectivity index (χ0n) is 13.6. The summed E-state index contributed by atoms with van der Waals surface area (Å²) in [7, 11) is 1.76. The van der Waals surface area contributed by atoms with Gasteiger partial charge >= 0.3 is 5.97 Å². The molecule has 4 rings (SSSR count). The molecule has 1 aromatic heterocycles. The molecule has 1 aliphatic heterocycles. The number of rotatable bonds is 1. The van der Waals surface area contributed by atoms with Crippen molar-refractivity contribution in [1.29, 1.82) is 0 Å². The Morgan fingerprint density at radius 3 is 2.54 bits per heavy atom. The molecule has 0 spiro atoms. The van der Waals surface area contributed by atoms with Crippen LogP contribution in [0.2, 0.25) is 0 Å². The van der Waals surface area contributed by atoms with Crippen molar-refractivity contribution in [3.8, 4) is 5.75 Å². The molecular formula is C20H17NO3. The van der Waals surface area contributed by atoms with E-state index in [2.05, 4.69) is 0 Å². The van der Waals surface area contributed by atoms with Crippen LogP contribution in [0, 0.1) is 6.92 Å². The van der Waals surface area contributed by atoms with Crippen molar-refractivity contribution in [2.45, 2.75) is 19.3 Å². The average molecular weight is 319 g/mol. The van der Waals surface area contributed by atoms with E-state index in [1.807, 2.05) is 55.5 Å². The van der Waals surface area contributed by atoms with Crippen LogP contribution in [0.15, 0.2) is 53.3 Å². The summed E-state index contributed by atoms with van der Waals surface area (Å²) in [6, 6.07) is 15.4. The third-order valence-electron chi connectivity index (χ3n) is 4.79. The predicted octanol–water partition coefficient (Wildman–Crippen LogP) is 3.29. The van der Waals surface area contributed by atoms with E-state index in [0.717, 1.165) is 22.0 Å². The molecular weight excluding hydrogens is 302 g/mol. The zero-order chi connectivity index (χ0) is 16.8. The number of para-hydroxylation sites is 1. The Morgan fingerprint density at radius 1 is 1.04 bits per heavy atom. The van der Waals surface area contributed by atoms with E-state index in [1.54, 1.807) is 11.6 Å². The molecule has 3 aromatic rings. The number of hydrogen-bond acceptors (Lipinski definition) is 3. The third-order valence-corrected chi connectivity index (χ3v) is 4.79. The number of esters is 1. The quantitative estimate of drug-likeness (QED) is 0.647. The molecule has 0 fully saturated rings. The van der Waals surface area contributed by atoms with Crippen molar-refractivity contribution in [3.63, 3.8) is 0 Å². The van der Waals surface area contributed by atoms with Crippen LogP contribution < -0.4 is 10.3 Å². The summed E-state index contributed by atoms with van der Waals surface area (Å²) in [5, 5.41) is 0.793. The van der Waals surface area contributed by atoms with Gasteiger partial charge in [0.1, 0.15) is 5.75 Å². The average Bonchev–Trinajstić information content (AvgIpc) is 2.59. The second-order valence-electron chi connectivity index (χ2n) is 6.21. The van der Waals surface area contributed by atoms with Gasteiger partial charge in [0, 0.05) is 18.4 Å². The summed E-state index contributed by atoms with van der Waals surface area (Å²) in [4.78, 5) is 25.2. The molecule has 4 heteroatoms. The number of carbonyl (C=O) groups is 1. The van der Waals surface area contributed by atoms with Crippen LogP contribution in [0.5, 0.6) is 5.75 Å². The lowest BCUT2D eigenvalue weighted by atomic mass is 9.84. The minimum atomic E-state index is -0.297. The Kier molecular flexibility index (Phi) is 3.27. The van der Waals surface area contributed by atoms with Crippen LogP contribution in [-0.4, -0.2) is 10.5 Å². The van der Waals surface area contributed by atoms with Gasteiger partial charge in [-0.25, -0.2) is 0 Å². The maximum absolute atomic E-state index is 13.0. The van der Waals surface area contributed by atoms with E-state index in [-0.39, 0.29) is 23.9 Å². The van der Waals surface area contributed by atoms with Crippen LogP contribution in [0.3, 0.4) is 0 Å². The van der Waals surface area contributed by atoms with Gasteiger partial charge in [-0.3, -0.25) is 9.59 Å². The molecule has 2 heterocycles. The summed E-state index contributed by atoms with van der Waals surface area (Å²) in [6.07, 6.45) is 0.186. The van der Waals surface area contributed by atoms with Gasteiger partial charge in [0.2, 0.25) is 0 Å². The first-order chi connectivity index (χ1) is 11.6. The molecule has 1 atom stereocenters. The van der Waals surface area contributed by atoms with Gasteiger partial charge in [-0.15, -0.1) is 0 Å². The lowest BCUT2D eigenvalue weighted by molar-refractivity contribution is -0.135. The van der Waals surface area contributed by atoms with Crippen molar-refractivity contribution in [1.82, 2.24) is 4.57 Å². The van der Waals surface area contributed by atoms with E-state index >= 15 is 0 Å². The number of carbonyl (C=O) groups excluding carboxylic acids is 1. The first kappa shape index (κ1) is 14.7. The smallest absolute Gasteiger partial charge is 0.312 e. The molecule has 24 heavy (non-hydrogen) atoms. The molecule has 0 saturated heterocycles. The topological polar surface area (TPSA) is 48.3 Å². The van der Waals surface area contributed by atoms with E-state index in [0.29, 0.717) is 11.3 Å². The van der Waals surface area contributed by atoms with Crippen molar-refractivity contribution in [2.75, 3.05) is 0 Å². The van der Waals surface area contributed by atoms with E-state index in [1.165, 1.54) is 0 Å². The third kappa shape index (κ3) is 2.07. The number of aromatic nitrogens is 1. The monoisotopic (exact) mass is 319 g/mol. The van der Waals surface area contributed by atoms with Crippen molar-refractivity contribution >= 4 is 16.9 Å². The standard InChI is InChI=1S/C20H17NO3/c1-12-7-3-4-8-13(12)15-11-17(22)24-19-14-9-5-6-10-16(14)21(2)20(23)18(15)19/h3-10,15H,11H2,1-2H3/t15-/m0/s1. The lowest BCUT2D eigenvalue weighted by Crippen LogP contribution is -2.31. The highest BCUT2D eigenvalue weighted by molar-refractivity contribution is 5.91. The van der Waals surface area contributed by atoms with Gasteiger partial charge < -0.3 is 9.30 Å². The number of pyridine rings is 1. The number of nitrogens with zero attached hydrogens (tertiary/aromatic N) is 1. The summed E-state index contributed by atoms with van der Waals surface area (Å²) in [5.41, 5.74) is 3.30. The van der Waals surface area contributed by atoms with Crippen molar-refractivity contribution < 1.29 is 9.53 Å². The van der Waals surface area contributed by atoms with Crippen LogP contribution >= 0.6 is 0 Å². The van der Waals surface area contributed by atoms with Crippen molar-refractivity contribution in [2.24, 2.45) is 7.05 Å². The second kappa shape index (κ2) is 5.34. The van der Waals surface area contributed by atoms with Crippen LogP contribution in [0.4, 0.5) is 0 Å². The Morgan fingerprint density at radius 2 is 1.75 bits per heavy atom. The SMILES string of the molecule is Cc1ccccc1[C@@H]1CC(=O)Oc2c1c(=O)n(C)c1ccccc21. The largest absolute Gasteiger partial charge is 0.425 e. The van der Waals surface area contributed by atoms with Gasteiger partial charge in [-0.2, -0.15) is 0 Å². The number of hydrogen-bond donors (Lipinski definition) is 0. The molecule has 0 aliphatic carbocycles. The highest BCUT2D eigenvalue weighted by Crippen LogP contribution is 2.41. The number of benzene rings is 2. The predicted molar refractivity (Wildman–Crippen MR) is 92.5 cm³/mol. The second-order valence-corrected chi connectivity index (χ2v) is 6.21. The van der Waals surface area contributed by atoms with Gasteiger partial charge in [0.05, 0.1) is 17.5 Å². The molecule has 0 unspecified atom stereocenters. The minimum Gasteiger partial charge on any atom is -0.425 e. The van der Waals surface area contributed by atoms with Gasteiger partial charge in [-0.1, -0.05) is 36.4 Å². The van der Waals surface area contributed by atoms with Gasteiger partial charge in [0.25, 0.3) is 5.56 Å². The zero-order valence-corrected chi connectivity index (χ0v) is 13.6. The summed E-state index contributed by atoms with van der Waals surface area (Å²) in [5.74, 6) is -0.155. The maximum atomic E-state index is 13.0. The summed E-state index contributed by atoms with van der Waals surface area (Å²) < 4.78 is 7.16. The lowest BCUT2D eigenvalue weighted by Gasteiger charge is -2.27. The Hall–Kier alpha value is -2.88. The minimum absolute atomic E-state index is 0.107. The van der Waals surface area contributed by atoms with E-state index < -0.39 is 0 Å². The first-order valence-corrected chi connectivity index (χ1v) is 7.95. The van der Waals surface area contributed by atoms with Gasteiger partial charge in [-0.05, 0) is 30.2 Å². The maximum Gasteiger partial charge on any atom is 0.312 e. The molecule has 0 N–H and O–H groups in total. The number of aryl methyl sites for hydroxylation is 2. The fraction of sp³-hybridized carbons (Fsp3) is 0.200. The Labute approximate surface area is 139 Å². The molecule has 2 aromatic carbocycles. The molecule has 0 amide bonds. The Bertz CT molecular complexity index is 1030. The normalized spacial score (nSPS) is 16.8. The van der Waals surface area contributed by atoms with E-state index in [9.17, 15) is 9.59 Å². The van der Waals surface area contributed by atoms with E-state index in [4.69, 9.17) is 4.74 Å². The molecule has 0 radical (unpaired) electrons. The fourth-order valence-corrected chi connectivity index (χ4v) is 3.58. The van der Waals surface area contributed by atoms with Crippen LogP contribution in [-0.2, 0) is 11.8 Å². The molecule has 4 nitrogen and oxygen atoms in total. The number of fused-ring (bicyclic) bond motifs is 3. The molecule has 120 valence electrons. The molecule has 1 aliphatic rings. The molecule has 0 bridgehead atoms. The molecule has 0 saturated carbocycles. The highest BCUT2D eigenvalue weighted by Gasteiger charge is 2.34. The first-order valence-electron chi connectivity index (χ1n) is 7.95. The summed E-state index contributed by atoms with van der Waals surface area (Å²) >= 11 is 0.